The Morgan fingerprint density at radius 3 is 2.46 bits per heavy atom. The SMILES string of the molecule is C#CCOc1ccccc1.CSF. The fourth-order valence-corrected chi connectivity index (χ4v) is 0.642. The Morgan fingerprint density at radius 2 is 2.00 bits per heavy atom. The Bertz CT molecular complexity index is 243. The Morgan fingerprint density at radius 1 is 1.46 bits per heavy atom. The predicted octanol–water partition coefficient (Wildman–Crippen LogP) is 2.93. The first kappa shape index (κ1) is 11.9. The van der Waals surface area contributed by atoms with Gasteiger partial charge in [-0.2, -0.15) is 3.89 Å². The van der Waals surface area contributed by atoms with E-state index >= 15 is 0 Å². The third-order valence-corrected chi connectivity index (χ3v) is 1.07. The van der Waals surface area contributed by atoms with Gasteiger partial charge < -0.3 is 4.74 Å². The number of terminal acetylenes is 1. The highest BCUT2D eigenvalue weighted by Crippen LogP contribution is 2.06. The van der Waals surface area contributed by atoms with E-state index in [-0.39, 0.29) is 12.1 Å². The molecule has 0 spiro atoms. The van der Waals surface area contributed by atoms with Crippen molar-refractivity contribution in [3.63, 3.8) is 0 Å². The molecule has 13 heavy (non-hydrogen) atoms. The third kappa shape index (κ3) is 7.23. The van der Waals surface area contributed by atoms with Crippen LogP contribution in [0.3, 0.4) is 0 Å². The van der Waals surface area contributed by atoms with Crippen molar-refractivity contribution in [2.75, 3.05) is 12.9 Å². The van der Waals surface area contributed by atoms with E-state index in [4.69, 9.17) is 11.2 Å². The van der Waals surface area contributed by atoms with E-state index < -0.39 is 0 Å². The molecule has 0 radical (unpaired) electrons. The van der Waals surface area contributed by atoms with Gasteiger partial charge >= 0.3 is 0 Å². The molecule has 1 rings (SSSR count). The Balaban J connectivity index is 0.000000424. The number of hydrogen-bond acceptors (Lipinski definition) is 2. The number of hydrogen-bond donors (Lipinski definition) is 0. The van der Waals surface area contributed by atoms with E-state index in [1.807, 2.05) is 30.3 Å². The Kier molecular flexibility index (Phi) is 8.17. The second kappa shape index (κ2) is 8.95. The van der Waals surface area contributed by atoms with Crippen LogP contribution in [0.5, 0.6) is 5.75 Å². The summed E-state index contributed by atoms with van der Waals surface area (Å²) < 4.78 is 15.3. The summed E-state index contributed by atoms with van der Waals surface area (Å²) >= 11 is 0.250. The summed E-state index contributed by atoms with van der Waals surface area (Å²) in [7, 11) is 0. The first-order chi connectivity index (χ1) is 6.35. The normalized spacial score (nSPS) is 7.77. The monoisotopic (exact) mass is 198 g/mol. The zero-order valence-corrected chi connectivity index (χ0v) is 8.18. The van der Waals surface area contributed by atoms with Crippen molar-refractivity contribution in [2.24, 2.45) is 0 Å². The van der Waals surface area contributed by atoms with Gasteiger partial charge in [0.25, 0.3) is 0 Å². The summed E-state index contributed by atoms with van der Waals surface area (Å²) in [6.45, 7) is 0.337. The summed E-state index contributed by atoms with van der Waals surface area (Å²) in [5.74, 6) is 3.21. The Labute approximate surface area is 82.6 Å². The number of halogens is 1. The highest BCUT2D eigenvalue weighted by atomic mass is 32.2. The molecule has 1 aromatic carbocycles. The lowest BCUT2D eigenvalue weighted by atomic mass is 10.3. The molecule has 0 aliphatic rings. The van der Waals surface area contributed by atoms with Crippen LogP contribution in [0.25, 0.3) is 0 Å². The van der Waals surface area contributed by atoms with Gasteiger partial charge in [0.05, 0.1) is 0 Å². The van der Waals surface area contributed by atoms with Crippen LogP contribution in [-0.4, -0.2) is 12.9 Å². The fraction of sp³-hybridized carbons (Fsp3) is 0.200. The smallest absolute Gasteiger partial charge is 0.148 e. The van der Waals surface area contributed by atoms with Crippen LogP contribution in [-0.2, 0) is 0 Å². The first-order valence-electron chi connectivity index (χ1n) is 3.61. The molecule has 0 saturated carbocycles. The van der Waals surface area contributed by atoms with Gasteiger partial charge in [-0.1, -0.05) is 24.1 Å². The first-order valence-corrected chi connectivity index (χ1v) is 4.73. The van der Waals surface area contributed by atoms with Crippen molar-refractivity contribution in [1.82, 2.24) is 0 Å². The summed E-state index contributed by atoms with van der Waals surface area (Å²) in [6, 6.07) is 9.50. The molecule has 0 bridgehead atoms. The molecule has 3 heteroatoms. The minimum Gasteiger partial charge on any atom is -0.481 e. The zero-order chi connectivity index (χ0) is 9.94. The Hall–Kier alpha value is -1.14. The molecule has 0 saturated heterocycles. The summed E-state index contributed by atoms with van der Waals surface area (Å²) in [6.07, 6.45) is 6.38. The molecule has 1 aromatic rings. The van der Waals surface area contributed by atoms with Gasteiger partial charge in [0.1, 0.15) is 12.4 Å². The average molecular weight is 198 g/mol. The van der Waals surface area contributed by atoms with Crippen molar-refractivity contribution >= 4 is 12.1 Å². The minimum atomic E-state index is 0.250. The molecule has 0 fully saturated rings. The summed E-state index contributed by atoms with van der Waals surface area (Å²) in [5.41, 5.74) is 0. The van der Waals surface area contributed by atoms with Crippen LogP contribution in [0, 0.1) is 12.3 Å². The van der Waals surface area contributed by atoms with Crippen LogP contribution in [0.15, 0.2) is 30.3 Å². The predicted molar refractivity (Wildman–Crippen MR) is 55.4 cm³/mol. The van der Waals surface area contributed by atoms with Crippen LogP contribution in [0.2, 0.25) is 0 Å². The van der Waals surface area contributed by atoms with Crippen molar-refractivity contribution in [2.45, 2.75) is 0 Å². The van der Waals surface area contributed by atoms with Gasteiger partial charge in [0, 0.05) is 18.4 Å². The molecule has 0 N–H and O–H groups in total. The van der Waals surface area contributed by atoms with E-state index in [1.54, 1.807) is 0 Å². The van der Waals surface area contributed by atoms with Gasteiger partial charge in [0.15, 0.2) is 0 Å². The third-order valence-electron chi connectivity index (χ3n) is 1.07. The lowest BCUT2D eigenvalue weighted by Crippen LogP contribution is -1.91. The second-order valence-corrected chi connectivity index (χ2v) is 2.27. The summed E-state index contributed by atoms with van der Waals surface area (Å²) in [5, 5.41) is 0. The van der Waals surface area contributed by atoms with Crippen LogP contribution < -0.4 is 4.74 Å². The quantitative estimate of drug-likeness (QED) is 0.676. The van der Waals surface area contributed by atoms with Crippen LogP contribution in [0.4, 0.5) is 3.89 Å². The van der Waals surface area contributed by atoms with Gasteiger partial charge in [0.2, 0.25) is 0 Å². The highest BCUT2D eigenvalue weighted by molar-refractivity contribution is 7.93. The van der Waals surface area contributed by atoms with Crippen LogP contribution in [0.1, 0.15) is 0 Å². The van der Waals surface area contributed by atoms with Crippen molar-refractivity contribution in [3.8, 4) is 18.1 Å². The van der Waals surface area contributed by atoms with E-state index in [9.17, 15) is 3.89 Å². The molecule has 0 aliphatic heterocycles. The summed E-state index contributed by atoms with van der Waals surface area (Å²) in [4.78, 5) is 0. The second-order valence-electron chi connectivity index (χ2n) is 1.96. The van der Waals surface area contributed by atoms with E-state index in [0.717, 1.165) is 5.75 Å². The highest BCUT2D eigenvalue weighted by Gasteiger charge is 1.85. The van der Waals surface area contributed by atoms with Gasteiger partial charge in [-0.3, -0.25) is 0 Å². The standard InChI is InChI=1S/C9H8O.CH3FS/c1-2-8-10-9-6-4-3-5-7-9;1-3-2/h1,3-7H,8H2;1H3. The molecule has 0 aliphatic carbocycles. The molecule has 1 nitrogen and oxygen atoms in total. The molecule has 0 aromatic heterocycles. The van der Waals surface area contributed by atoms with E-state index in [1.165, 1.54) is 6.26 Å². The van der Waals surface area contributed by atoms with E-state index in [2.05, 4.69) is 5.92 Å². The van der Waals surface area contributed by atoms with Gasteiger partial charge in [-0.15, -0.1) is 6.42 Å². The molecular weight excluding hydrogens is 187 g/mol. The molecule has 0 amide bonds. The van der Waals surface area contributed by atoms with E-state index in [0.29, 0.717) is 6.61 Å². The maximum absolute atomic E-state index is 10.2. The zero-order valence-electron chi connectivity index (χ0n) is 7.37. The van der Waals surface area contributed by atoms with Gasteiger partial charge in [-0.25, -0.2) is 0 Å². The molecule has 70 valence electrons. The molecular formula is C10H11FOS. The maximum atomic E-state index is 10.2. The topological polar surface area (TPSA) is 9.23 Å². The average Bonchev–Trinajstić information content (AvgIpc) is 2.18. The van der Waals surface area contributed by atoms with Crippen molar-refractivity contribution in [1.29, 1.82) is 0 Å². The lowest BCUT2D eigenvalue weighted by molar-refractivity contribution is 0.370. The number of rotatable bonds is 2. The minimum absolute atomic E-state index is 0.250. The van der Waals surface area contributed by atoms with Crippen molar-refractivity contribution in [3.05, 3.63) is 30.3 Å². The number of benzene rings is 1. The maximum Gasteiger partial charge on any atom is 0.148 e. The van der Waals surface area contributed by atoms with Crippen LogP contribution >= 0.6 is 12.1 Å². The fourth-order valence-electron chi connectivity index (χ4n) is 0.642. The lowest BCUT2D eigenvalue weighted by Gasteiger charge is -1.98. The molecule has 0 unspecified atom stereocenters. The molecule has 0 atom stereocenters. The number of para-hydroxylation sites is 1. The molecule has 0 heterocycles. The van der Waals surface area contributed by atoms with Gasteiger partial charge in [-0.05, 0) is 12.1 Å². The van der Waals surface area contributed by atoms with Crippen molar-refractivity contribution < 1.29 is 8.62 Å². The largest absolute Gasteiger partial charge is 0.481 e. The number of ether oxygens (including phenoxy) is 1.